The Morgan fingerprint density at radius 1 is 1.62 bits per heavy atom. The largest absolute Gasteiger partial charge is 0.397 e. The number of anilines is 1. The first-order valence-electron chi connectivity index (χ1n) is 3.39. The van der Waals surface area contributed by atoms with Crippen LogP contribution in [0.4, 0.5) is 14.5 Å². The number of alkyl halides is 2. The number of nitrogen functional groups attached to an aromatic ring is 1. The van der Waals surface area contributed by atoms with E-state index in [1.54, 1.807) is 22.6 Å². The van der Waals surface area contributed by atoms with Gasteiger partial charge in [-0.3, -0.25) is 4.98 Å². The predicted molar refractivity (Wildman–Crippen MR) is 52.2 cm³/mol. The summed E-state index contributed by atoms with van der Waals surface area (Å²) in [6.07, 6.45) is -1.40. The number of nitrogens with two attached hydrogens (primary N) is 1. The molecule has 72 valence electrons. The van der Waals surface area contributed by atoms with Crippen molar-refractivity contribution in [2.24, 2.45) is 0 Å². The molecule has 0 aliphatic rings. The quantitative estimate of drug-likeness (QED) is 0.817. The maximum absolute atomic E-state index is 12.4. The van der Waals surface area contributed by atoms with E-state index >= 15 is 0 Å². The van der Waals surface area contributed by atoms with E-state index in [1.165, 1.54) is 6.20 Å². The van der Waals surface area contributed by atoms with Crippen molar-refractivity contribution in [3.05, 3.63) is 21.0 Å². The molecule has 1 aromatic heterocycles. The lowest BCUT2D eigenvalue weighted by atomic mass is 10.2. The molecule has 0 aliphatic carbocycles. The van der Waals surface area contributed by atoms with Crippen LogP contribution in [-0.2, 0) is 6.61 Å². The van der Waals surface area contributed by atoms with Crippen LogP contribution >= 0.6 is 22.6 Å². The summed E-state index contributed by atoms with van der Waals surface area (Å²) < 4.78 is 25.1. The summed E-state index contributed by atoms with van der Waals surface area (Å²) in [5, 5.41) is 8.74. The van der Waals surface area contributed by atoms with Crippen molar-refractivity contribution in [1.29, 1.82) is 0 Å². The van der Waals surface area contributed by atoms with Crippen LogP contribution in [0.25, 0.3) is 0 Å². The van der Waals surface area contributed by atoms with Gasteiger partial charge in [0.2, 0.25) is 0 Å². The van der Waals surface area contributed by atoms with Gasteiger partial charge in [-0.25, -0.2) is 8.78 Å². The number of hydrogen-bond donors (Lipinski definition) is 2. The minimum absolute atomic E-state index is 0.0198. The Bertz CT molecular complexity index is 320. The molecule has 1 rings (SSSR count). The van der Waals surface area contributed by atoms with E-state index in [-0.39, 0.29) is 20.5 Å². The second-order valence-corrected chi connectivity index (χ2v) is 3.43. The van der Waals surface area contributed by atoms with Gasteiger partial charge in [-0.15, -0.1) is 0 Å². The first-order valence-corrected chi connectivity index (χ1v) is 4.47. The highest BCUT2D eigenvalue weighted by Crippen LogP contribution is 2.30. The Kier molecular flexibility index (Phi) is 3.37. The molecule has 0 atom stereocenters. The maximum atomic E-state index is 12.4. The molecule has 3 N–H and O–H groups in total. The van der Waals surface area contributed by atoms with E-state index in [9.17, 15) is 8.78 Å². The lowest BCUT2D eigenvalue weighted by Crippen LogP contribution is -2.04. The second-order valence-electron chi connectivity index (χ2n) is 2.35. The highest BCUT2D eigenvalue weighted by Gasteiger charge is 2.19. The lowest BCUT2D eigenvalue weighted by Gasteiger charge is -2.09. The fourth-order valence-corrected chi connectivity index (χ4v) is 1.59. The molecule has 1 aromatic rings. The highest BCUT2D eigenvalue weighted by molar-refractivity contribution is 14.1. The van der Waals surface area contributed by atoms with Crippen LogP contribution in [0.5, 0.6) is 0 Å². The summed E-state index contributed by atoms with van der Waals surface area (Å²) in [4.78, 5) is 3.62. The van der Waals surface area contributed by atoms with Crippen molar-refractivity contribution in [3.8, 4) is 0 Å². The zero-order valence-electron chi connectivity index (χ0n) is 6.47. The summed E-state index contributed by atoms with van der Waals surface area (Å²) in [7, 11) is 0. The molecule has 0 aliphatic heterocycles. The third-order valence-electron chi connectivity index (χ3n) is 1.53. The number of aromatic nitrogens is 1. The Hall–Kier alpha value is -0.500. The standard InChI is InChI=1S/C7H7F2IN2O/c8-7(9)5-4(2-13)12-1-3(11)6(5)10/h1,7,13H,2,11H2. The fraction of sp³-hybridized carbons (Fsp3) is 0.286. The normalized spacial score (nSPS) is 10.8. The van der Waals surface area contributed by atoms with Crippen molar-refractivity contribution in [2.45, 2.75) is 13.0 Å². The van der Waals surface area contributed by atoms with Crippen LogP contribution in [0.1, 0.15) is 17.7 Å². The van der Waals surface area contributed by atoms with Crippen molar-refractivity contribution >= 4 is 28.3 Å². The molecule has 0 saturated carbocycles. The van der Waals surface area contributed by atoms with Crippen LogP contribution < -0.4 is 5.73 Å². The van der Waals surface area contributed by atoms with E-state index in [0.717, 1.165) is 0 Å². The van der Waals surface area contributed by atoms with Crippen molar-refractivity contribution in [3.63, 3.8) is 0 Å². The van der Waals surface area contributed by atoms with E-state index in [1.807, 2.05) is 0 Å². The van der Waals surface area contributed by atoms with Crippen LogP contribution in [0, 0.1) is 3.57 Å². The van der Waals surface area contributed by atoms with Gasteiger partial charge in [-0.1, -0.05) is 0 Å². The SMILES string of the molecule is Nc1cnc(CO)c(C(F)F)c1I. The molecule has 3 nitrogen and oxygen atoms in total. The zero-order valence-corrected chi connectivity index (χ0v) is 8.62. The van der Waals surface area contributed by atoms with E-state index in [0.29, 0.717) is 0 Å². The third kappa shape index (κ3) is 2.05. The van der Waals surface area contributed by atoms with Crippen LogP contribution in [0.15, 0.2) is 6.20 Å². The monoisotopic (exact) mass is 300 g/mol. The first-order chi connectivity index (χ1) is 6.07. The first kappa shape index (κ1) is 10.6. The minimum Gasteiger partial charge on any atom is -0.397 e. The molecular weight excluding hydrogens is 293 g/mol. The molecule has 0 unspecified atom stereocenters. The molecular formula is C7H7F2IN2O. The second kappa shape index (κ2) is 4.14. The van der Waals surface area contributed by atoms with Crippen molar-refractivity contribution < 1.29 is 13.9 Å². The summed E-state index contributed by atoms with van der Waals surface area (Å²) in [5.41, 5.74) is 5.30. The summed E-state index contributed by atoms with van der Waals surface area (Å²) in [5.74, 6) is 0. The Balaban J connectivity index is 3.32. The summed E-state index contributed by atoms with van der Waals surface area (Å²) >= 11 is 1.71. The topological polar surface area (TPSA) is 59.1 Å². The molecule has 0 saturated heterocycles. The van der Waals surface area contributed by atoms with E-state index in [2.05, 4.69) is 4.98 Å². The molecule has 6 heteroatoms. The van der Waals surface area contributed by atoms with Gasteiger partial charge in [0.1, 0.15) is 0 Å². The van der Waals surface area contributed by atoms with E-state index in [4.69, 9.17) is 10.8 Å². The number of aliphatic hydroxyl groups is 1. The smallest absolute Gasteiger partial charge is 0.266 e. The molecule has 1 heterocycles. The molecule has 0 spiro atoms. The lowest BCUT2D eigenvalue weighted by molar-refractivity contribution is 0.145. The third-order valence-corrected chi connectivity index (χ3v) is 2.73. The van der Waals surface area contributed by atoms with Gasteiger partial charge < -0.3 is 10.8 Å². The summed E-state index contributed by atoms with van der Waals surface area (Å²) in [6, 6.07) is 0. The van der Waals surface area contributed by atoms with Crippen LogP contribution in [-0.4, -0.2) is 10.1 Å². The molecule has 13 heavy (non-hydrogen) atoms. The Morgan fingerprint density at radius 3 is 2.69 bits per heavy atom. The van der Waals surface area contributed by atoms with Gasteiger partial charge in [-0.2, -0.15) is 0 Å². The Labute approximate surface area is 87.1 Å². The molecule has 0 amide bonds. The number of pyridine rings is 1. The van der Waals surface area contributed by atoms with Gasteiger partial charge in [0.25, 0.3) is 6.43 Å². The number of aliphatic hydroxyl groups excluding tert-OH is 1. The minimum atomic E-state index is -2.66. The van der Waals surface area contributed by atoms with Gasteiger partial charge in [0.15, 0.2) is 0 Å². The number of nitrogens with zero attached hydrogens (tertiary/aromatic N) is 1. The van der Waals surface area contributed by atoms with Gasteiger partial charge >= 0.3 is 0 Å². The van der Waals surface area contributed by atoms with Gasteiger partial charge in [0.05, 0.1) is 29.7 Å². The molecule has 0 aromatic carbocycles. The maximum Gasteiger partial charge on any atom is 0.266 e. The Morgan fingerprint density at radius 2 is 2.23 bits per heavy atom. The fourth-order valence-electron chi connectivity index (χ4n) is 0.904. The van der Waals surface area contributed by atoms with Gasteiger partial charge in [-0.05, 0) is 22.6 Å². The number of rotatable bonds is 2. The molecule has 0 fully saturated rings. The zero-order chi connectivity index (χ0) is 10.0. The number of hydrogen-bond acceptors (Lipinski definition) is 3. The van der Waals surface area contributed by atoms with E-state index < -0.39 is 13.0 Å². The number of halogens is 3. The van der Waals surface area contributed by atoms with Crippen molar-refractivity contribution in [1.82, 2.24) is 4.98 Å². The predicted octanol–water partition coefficient (Wildman–Crippen LogP) is 1.70. The average molecular weight is 300 g/mol. The average Bonchev–Trinajstić information content (AvgIpc) is 2.08. The molecule has 0 radical (unpaired) electrons. The van der Waals surface area contributed by atoms with Crippen LogP contribution in [0.3, 0.4) is 0 Å². The van der Waals surface area contributed by atoms with Gasteiger partial charge in [0, 0.05) is 3.57 Å². The highest BCUT2D eigenvalue weighted by atomic mass is 127. The summed E-state index contributed by atoms with van der Waals surface area (Å²) in [6.45, 7) is -0.504. The van der Waals surface area contributed by atoms with Crippen molar-refractivity contribution in [2.75, 3.05) is 5.73 Å². The van der Waals surface area contributed by atoms with Crippen LogP contribution in [0.2, 0.25) is 0 Å². The molecule has 0 bridgehead atoms.